The summed E-state index contributed by atoms with van der Waals surface area (Å²) in [5.41, 5.74) is 0.725. The third kappa shape index (κ3) is 3.08. The third-order valence-corrected chi connectivity index (χ3v) is 3.13. The van der Waals surface area contributed by atoms with E-state index in [2.05, 4.69) is 38.9 Å². The van der Waals surface area contributed by atoms with E-state index in [0.29, 0.717) is 20.6 Å². The van der Waals surface area contributed by atoms with Gasteiger partial charge in [0.05, 0.1) is 23.6 Å². The van der Waals surface area contributed by atoms with E-state index in [1.54, 1.807) is 18.2 Å². The van der Waals surface area contributed by atoms with Crippen molar-refractivity contribution in [3.05, 3.63) is 52.5 Å². The lowest BCUT2D eigenvalue weighted by Gasteiger charge is -2.07. The molecule has 0 fully saturated rings. The summed E-state index contributed by atoms with van der Waals surface area (Å²) >= 11 is 7.44. The highest BCUT2D eigenvalue weighted by molar-refractivity contribution is 9.10. The van der Waals surface area contributed by atoms with Gasteiger partial charge in [0.15, 0.2) is 0 Å². The fraction of sp³-hybridized carbons (Fsp3) is 0. The van der Waals surface area contributed by atoms with Gasteiger partial charge in [-0.2, -0.15) is 0 Å². The van der Waals surface area contributed by atoms with Gasteiger partial charge >= 0.3 is 0 Å². The Balaban J connectivity index is 2.24. The van der Waals surface area contributed by atoms with Crippen molar-refractivity contribution in [2.24, 2.45) is 0 Å². The number of anilines is 1. The lowest BCUT2D eigenvalue weighted by Crippen LogP contribution is -2.13. The maximum absolute atomic E-state index is 12.9. The molecule has 92 valence electrons. The van der Waals surface area contributed by atoms with Crippen LogP contribution in [0.2, 0.25) is 0 Å². The fourth-order valence-corrected chi connectivity index (χ4v) is 2.00. The Bertz CT molecular complexity index is 606. The Morgan fingerprint density at radius 3 is 2.83 bits per heavy atom. The summed E-state index contributed by atoms with van der Waals surface area (Å²) in [5, 5.41) is 2.56. The van der Waals surface area contributed by atoms with E-state index >= 15 is 0 Å². The molecule has 0 atom stereocenters. The normalized spacial score (nSPS) is 10.2. The van der Waals surface area contributed by atoms with Gasteiger partial charge in [-0.15, -0.1) is 12.6 Å². The maximum atomic E-state index is 12.9. The van der Waals surface area contributed by atoms with Crippen LogP contribution in [-0.4, -0.2) is 10.9 Å². The highest BCUT2D eigenvalue weighted by Gasteiger charge is 2.11. The van der Waals surface area contributed by atoms with E-state index in [4.69, 9.17) is 0 Å². The molecule has 2 aromatic rings. The van der Waals surface area contributed by atoms with Crippen molar-refractivity contribution in [2.75, 3.05) is 5.32 Å². The van der Waals surface area contributed by atoms with Gasteiger partial charge in [0.25, 0.3) is 5.91 Å². The van der Waals surface area contributed by atoms with Crippen LogP contribution in [0.5, 0.6) is 0 Å². The van der Waals surface area contributed by atoms with Gasteiger partial charge in [0.2, 0.25) is 0 Å². The number of aromatic nitrogens is 1. The average Bonchev–Trinajstić information content (AvgIpc) is 2.32. The van der Waals surface area contributed by atoms with Crippen LogP contribution in [0.15, 0.2) is 46.0 Å². The predicted molar refractivity (Wildman–Crippen MR) is 73.5 cm³/mol. The number of benzene rings is 1. The molecule has 0 saturated heterocycles. The van der Waals surface area contributed by atoms with E-state index in [9.17, 15) is 9.18 Å². The van der Waals surface area contributed by atoms with E-state index in [-0.39, 0.29) is 5.91 Å². The molecular formula is C12H8BrFN2OS. The first kappa shape index (κ1) is 13.0. The molecule has 0 saturated carbocycles. The lowest BCUT2D eigenvalue weighted by atomic mass is 10.2. The van der Waals surface area contributed by atoms with Gasteiger partial charge < -0.3 is 5.32 Å². The van der Waals surface area contributed by atoms with Crippen LogP contribution in [0.25, 0.3) is 0 Å². The second kappa shape index (κ2) is 5.49. The van der Waals surface area contributed by atoms with Gasteiger partial charge in [0, 0.05) is 15.4 Å². The minimum atomic E-state index is -0.505. The second-order valence-corrected chi connectivity index (χ2v) is 4.88. The van der Waals surface area contributed by atoms with Crippen LogP contribution in [0.1, 0.15) is 10.4 Å². The number of rotatable bonds is 2. The number of nitrogens with zero attached hydrogens (tertiary/aromatic N) is 1. The molecule has 1 aromatic carbocycles. The maximum Gasteiger partial charge on any atom is 0.256 e. The molecule has 1 N–H and O–H groups in total. The molecule has 0 spiro atoms. The first-order valence-electron chi connectivity index (χ1n) is 4.96. The number of hydrogen-bond donors (Lipinski definition) is 2. The van der Waals surface area contributed by atoms with Gasteiger partial charge in [-0.05, 0) is 34.1 Å². The zero-order valence-corrected chi connectivity index (χ0v) is 11.5. The smallest absolute Gasteiger partial charge is 0.256 e. The SMILES string of the molecule is O=C(Nc1cncc(F)c1)c1cc(S)ccc1Br. The molecule has 1 aromatic heterocycles. The lowest BCUT2D eigenvalue weighted by molar-refractivity contribution is 0.102. The fourth-order valence-electron chi connectivity index (χ4n) is 1.37. The van der Waals surface area contributed by atoms with E-state index in [1.807, 2.05) is 0 Å². The molecule has 3 nitrogen and oxygen atoms in total. The topological polar surface area (TPSA) is 42.0 Å². The summed E-state index contributed by atoms with van der Waals surface area (Å²) in [6.07, 6.45) is 2.44. The molecule has 0 unspecified atom stereocenters. The van der Waals surface area contributed by atoms with Crippen LogP contribution < -0.4 is 5.32 Å². The first-order valence-corrected chi connectivity index (χ1v) is 6.21. The summed E-state index contributed by atoms with van der Waals surface area (Å²) in [6.45, 7) is 0. The number of thiol groups is 1. The number of halogens is 2. The number of carbonyl (C=O) groups excluding carboxylic acids is 1. The quantitative estimate of drug-likeness (QED) is 0.829. The molecule has 1 amide bonds. The molecule has 6 heteroatoms. The molecular weight excluding hydrogens is 319 g/mol. The highest BCUT2D eigenvalue weighted by Crippen LogP contribution is 2.21. The Hall–Kier alpha value is -1.40. The summed E-state index contributed by atoms with van der Waals surface area (Å²) in [7, 11) is 0. The summed E-state index contributed by atoms with van der Waals surface area (Å²) in [4.78, 5) is 16.3. The Morgan fingerprint density at radius 2 is 2.11 bits per heavy atom. The van der Waals surface area contributed by atoms with Crippen LogP contribution in [0.4, 0.5) is 10.1 Å². The van der Waals surface area contributed by atoms with E-state index in [1.165, 1.54) is 12.3 Å². The molecule has 18 heavy (non-hydrogen) atoms. The minimum Gasteiger partial charge on any atom is -0.320 e. The number of amides is 1. The third-order valence-electron chi connectivity index (χ3n) is 2.16. The van der Waals surface area contributed by atoms with Gasteiger partial charge in [-0.3, -0.25) is 9.78 Å². The summed E-state index contributed by atoms with van der Waals surface area (Å²) < 4.78 is 13.6. The first-order chi connectivity index (χ1) is 8.56. The Kier molecular flexibility index (Phi) is 3.98. The molecule has 0 aliphatic rings. The predicted octanol–water partition coefficient (Wildman–Crippen LogP) is 3.52. The zero-order valence-electron chi connectivity index (χ0n) is 9.02. The number of hydrogen-bond acceptors (Lipinski definition) is 3. The van der Waals surface area contributed by atoms with Crippen LogP contribution in [0, 0.1) is 5.82 Å². The van der Waals surface area contributed by atoms with Crippen LogP contribution in [0.3, 0.4) is 0 Å². The second-order valence-electron chi connectivity index (χ2n) is 3.51. The van der Waals surface area contributed by atoms with Crippen LogP contribution in [-0.2, 0) is 0 Å². The molecule has 0 aliphatic heterocycles. The van der Waals surface area contributed by atoms with E-state index in [0.717, 1.165) is 6.20 Å². The molecule has 2 rings (SSSR count). The van der Waals surface area contributed by atoms with Crippen LogP contribution >= 0.6 is 28.6 Å². The number of pyridine rings is 1. The van der Waals surface area contributed by atoms with Crippen molar-refractivity contribution in [1.82, 2.24) is 4.98 Å². The molecule has 0 radical (unpaired) electrons. The van der Waals surface area contributed by atoms with Crippen molar-refractivity contribution in [2.45, 2.75) is 4.90 Å². The Morgan fingerprint density at radius 1 is 1.33 bits per heavy atom. The molecule has 0 aliphatic carbocycles. The van der Waals surface area contributed by atoms with Crippen molar-refractivity contribution >= 4 is 40.2 Å². The van der Waals surface area contributed by atoms with Crippen molar-refractivity contribution in [1.29, 1.82) is 0 Å². The highest BCUT2D eigenvalue weighted by atomic mass is 79.9. The van der Waals surface area contributed by atoms with Crippen molar-refractivity contribution in [3.8, 4) is 0 Å². The zero-order chi connectivity index (χ0) is 13.1. The average molecular weight is 327 g/mol. The summed E-state index contributed by atoms with van der Waals surface area (Å²) in [6, 6.07) is 6.30. The number of carbonyl (C=O) groups is 1. The number of nitrogens with one attached hydrogen (secondary N) is 1. The van der Waals surface area contributed by atoms with Gasteiger partial charge in [-0.25, -0.2) is 4.39 Å². The minimum absolute atomic E-state index is 0.302. The molecule has 1 heterocycles. The summed E-state index contributed by atoms with van der Waals surface area (Å²) in [5.74, 6) is -0.861. The molecule has 0 bridgehead atoms. The van der Waals surface area contributed by atoms with Crippen molar-refractivity contribution in [3.63, 3.8) is 0 Å². The standard InChI is InChI=1S/C12H8BrFN2OS/c13-11-2-1-9(18)4-10(11)12(17)16-8-3-7(14)5-15-6-8/h1-6,18H,(H,16,17). The van der Waals surface area contributed by atoms with Gasteiger partial charge in [0.1, 0.15) is 5.82 Å². The monoisotopic (exact) mass is 326 g/mol. The van der Waals surface area contributed by atoms with Gasteiger partial charge in [-0.1, -0.05) is 0 Å². The van der Waals surface area contributed by atoms with E-state index < -0.39 is 5.82 Å². The van der Waals surface area contributed by atoms with Crippen molar-refractivity contribution < 1.29 is 9.18 Å². The Labute approximate surface area is 117 Å². The largest absolute Gasteiger partial charge is 0.320 e.